The molecule has 0 saturated carbocycles. The van der Waals surface area contributed by atoms with Crippen LogP contribution in [0.1, 0.15) is 12.0 Å². The Kier molecular flexibility index (Phi) is 2.90. The van der Waals surface area contributed by atoms with Crippen LogP contribution in [0.3, 0.4) is 0 Å². The summed E-state index contributed by atoms with van der Waals surface area (Å²) < 4.78 is 2.13. The van der Waals surface area contributed by atoms with Gasteiger partial charge in [-0.25, -0.2) is 4.58 Å². The molecule has 0 spiro atoms. The molecule has 0 radical (unpaired) electrons. The van der Waals surface area contributed by atoms with E-state index in [0.29, 0.717) is 0 Å². The van der Waals surface area contributed by atoms with E-state index >= 15 is 0 Å². The van der Waals surface area contributed by atoms with Crippen molar-refractivity contribution in [2.45, 2.75) is 18.2 Å². The third kappa shape index (κ3) is 2.16. The van der Waals surface area contributed by atoms with Crippen LogP contribution in [-0.4, -0.2) is 24.4 Å². The van der Waals surface area contributed by atoms with Gasteiger partial charge in [0, 0.05) is 15.9 Å². The Bertz CT molecular complexity index is 649. The van der Waals surface area contributed by atoms with E-state index in [1.807, 2.05) is 11.8 Å². The molecule has 1 aliphatic carbocycles. The predicted molar refractivity (Wildman–Crippen MR) is 81.7 cm³/mol. The van der Waals surface area contributed by atoms with Gasteiger partial charge < -0.3 is 11.1 Å². The van der Waals surface area contributed by atoms with Crippen molar-refractivity contribution in [1.82, 2.24) is 0 Å². The predicted octanol–water partition coefficient (Wildman–Crippen LogP) is 2.68. The molecule has 4 heteroatoms. The van der Waals surface area contributed by atoms with Crippen LogP contribution in [0.15, 0.2) is 45.5 Å². The van der Waals surface area contributed by atoms with Crippen molar-refractivity contribution in [3.8, 4) is 0 Å². The zero-order valence-electron chi connectivity index (χ0n) is 11.4. The summed E-state index contributed by atoms with van der Waals surface area (Å²) in [5, 5.41) is 3.48. The summed E-state index contributed by atoms with van der Waals surface area (Å²) in [6, 6.07) is 6.50. The Morgan fingerprint density at radius 2 is 2.11 bits per heavy atom. The number of hydrogen-bond donors (Lipinski definition) is 2. The molecule has 2 aliphatic rings. The van der Waals surface area contributed by atoms with Crippen LogP contribution in [0, 0.1) is 6.92 Å². The fourth-order valence-corrected chi connectivity index (χ4v) is 3.44. The van der Waals surface area contributed by atoms with Crippen LogP contribution in [0.4, 0.5) is 5.69 Å². The maximum atomic E-state index is 6.19. The first-order valence-corrected chi connectivity index (χ1v) is 7.15. The first-order chi connectivity index (χ1) is 9.04. The smallest absolute Gasteiger partial charge is 0.182 e. The summed E-state index contributed by atoms with van der Waals surface area (Å²) in [5.74, 6) is 0. The second-order valence-corrected chi connectivity index (χ2v) is 6.32. The molecular weight excluding hydrogens is 254 g/mol. The second kappa shape index (κ2) is 4.46. The average Bonchev–Trinajstić information content (AvgIpc) is 2.36. The summed E-state index contributed by atoms with van der Waals surface area (Å²) in [4.78, 5) is 2.58. The first-order valence-electron chi connectivity index (χ1n) is 6.34. The van der Waals surface area contributed by atoms with Crippen molar-refractivity contribution in [2.24, 2.45) is 5.73 Å². The average molecular weight is 272 g/mol. The molecule has 0 atom stereocenters. The third-order valence-corrected chi connectivity index (χ3v) is 4.60. The van der Waals surface area contributed by atoms with Crippen molar-refractivity contribution in [2.75, 3.05) is 19.4 Å². The van der Waals surface area contributed by atoms with E-state index in [-0.39, 0.29) is 0 Å². The quantitative estimate of drug-likeness (QED) is 0.713. The van der Waals surface area contributed by atoms with Gasteiger partial charge >= 0.3 is 0 Å². The minimum Gasteiger partial charge on any atom is -0.397 e. The van der Waals surface area contributed by atoms with Crippen LogP contribution in [-0.2, 0) is 0 Å². The van der Waals surface area contributed by atoms with E-state index < -0.39 is 0 Å². The topological polar surface area (TPSA) is 41.1 Å². The molecule has 3 rings (SSSR count). The van der Waals surface area contributed by atoms with Gasteiger partial charge in [0.15, 0.2) is 5.71 Å². The fourth-order valence-electron chi connectivity index (χ4n) is 2.33. The van der Waals surface area contributed by atoms with E-state index in [1.165, 1.54) is 21.1 Å². The summed E-state index contributed by atoms with van der Waals surface area (Å²) in [5.41, 5.74) is 11.8. The Morgan fingerprint density at radius 1 is 1.32 bits per heavy atom. The largest absolute Gasteiger partial charge is 0.397 e. The number of benzene rings is 1. The zero-order chi connectivity index (χ0) is 13.6. The number of nitrogens with zero attached hydrogens (tertiary/aromatic N) is 1. The molecule has 3 N–H and O–H groups in total. The number of rotatable bonds is 0. The van der Waals surface area contributed by atoms with Gasteiger partial charge in [-0.2, -0.15) is 0 Å². The normalized spacial score (nSPS) is 17.4. The van der Waals surface area contributed by atoms with Gasteiger partial charge in [-0.3, -0.25) is 0 Å². The lowest BCUT2D eigenvalue weighted by Crippen LogP contribution is -2.24. The van der Waals surface area contributed by atoms with Crippen molar-refractivity contribution in [3.63, 3.8) is 0 Å². The van der Waals surface area contributed by atoms with E-state index in [9.17, 15) is 0 Å². The number of aryl methyl sites for hydroxylation is 1. The number of allylic oxidation sites excluding steroid dienone is 2. The van der Waals surface area contributed by atoms with Gasteiger partial charge in [-0.1, -0.05) is 17.8 Å². The maximum Gasteiger partial charge on any atom is 0.182 e. The van der Waals surface area contributed by atoms with Gasteiger partial charge in [0.05, 0.1) is 23.5 Å². The summed E-state index contributed by atoms with van der Waals surface area (Å²) >= 11 is 1.82. The molecule has 0 unspecified atom stereocenters. The molecule has 1 aromatic carbocycles. The molecule has 19 heavy (non-hydrogen) atoms. The van der Waals surface area contributed by atoms with Gasteiger partial charge in [-0.05, 0) is 24.6 Å². The van der Waals surface area contributed by atoms with Gasteiger partial charge in [0.2, 0.25) is 0 Å². The number of anilines is 1. The SMILES string of the molecule is Cc1ccc2c(c1)NC1=C(CC(=[N+](C)C)C=C1N)S2. The number of fused-ring (bicyclic) bond motifs is 1. The minimum atomic E-state index is 0.824. The van der Waals surface area contributed by atoms with E-state index in [2.05, 4.69) is 55.2 Å². The van der Waals surface area contributed by atoms with Crippen molar-refractivity contribution < 1.29 is 4.58 Å². The molecule has 0 fully saturated rings. The van der Waals surface area contributed by atoms with E-state index in [4.69, 9.17) is 5.73 Å². The number of hydrogen-bond acceptors (Lipinski definition) is 3. The molecule has 1 aliphatic heterocycles. The van der Waals surface area contributed by atoms with Crippen LogP contribution in [0.25, 0.3) is 0 Å². The monoisotopic (exact) mass is 272 g/mol. The van der Waals surface area contributed by atoms with Crippen molar-refractivity contribution >= 4 is 23.2 Å². The highest BCUT2D eigenvalue weighted by Crippen LogP contribution is 2.44. The minimum absolute atomic E-state index is 0.824. The molecule has 3 nitrogen and oxygen atoms in total. The lowest BCUT2D eigenvalue weighted by atomic mass is 10.1. The van der Waals surface area contributed by atoms with Crippen molar-refractivity contribution in [1.29, 1.82) is 0 Å². The highest BCUT2D eigenvalue weighted by Gasteiger charge is 2.26. The molecule has 98 valence electrons. The summed E-state index contributed by atoms with van der Waals surface area (Å²) in [6.45, 7) is 2.11. The highest BCUT2D eigenvalue weighted by molar-refractivity contribution is 8.03. The fraction of sp³-hybridized carbons (Fsp3) is 0.267. The van der Waals surface area contributed by atoms with Crippen molar-refractivity contribution in [3.05, 3.63) is 46.1 Å². The Hall–Kier alpha value is -1.68. The van der Waals surface area contributed by atoms with E-state index in [0.717, 1.165) is 23.5 Å². The Morgan fingerprint density at radius 3 is 2.84 bits per heavy atom. The molecule has 0 amide bonds. The first kappa shape index (κ1) is 12.4. The third-order valence-electron chi connectivity index (χ3n) is 3.43. The molecule has 1 aromatic rings. The van der Waals surface area contributed by atoms with Gasteiger partial charge in [0.1, 0.15) is 14.1 Å². The Labute approximate surface area is 117 Å². The lowest BCUT2D eigenvalue weighted by Gasteiger charge is -2.26. The summed E-state index contributed by atoms with van der Waals surface area (Å²) in [6.07, 6.45) is 3.00. The molecular formula is C15H18N3S+. The number of nitrogens with one attached hydrogen (secondary N) is 1. The molecule has 1 heterocycles. The number of thioether (sulfide) groups is 1. The highest BCUT2D eigenvalue weighted by atomic mass is 32.2. The number of nitrogens with two attached hydrogens (primary N) is 1. The second-order valence-electron chi connectivity index (χ2n) is 5.19. The van der Waals surface area contributed by atoms with Crippen LogP contribution in [0.2, 0.25) is 0 Å². The maximum absolute atomic E-state index is 6.19. The van der Waals surface area contributed by atoms with Gasteiger partial charge in [0.25, 0.3) is 0 Å². The van der Waals surface area contributed by atoms with E-state index in [1.54, 1.807) is 0 Å². The lowest BCUT2D eigenvalue weighted by molar-refractivity contribution is -0.464. The molecule has 0 saturated heterocycles. The van der Waals surface area contributed by atoms with Crippen LogP contribution >= 0.6 is 11.8 Å². The Balaban J connectivity index is 2.02. The van der Waals surface area contributed by atoms with Crippen LogP contribution < -0.4 is 11.1 Å². The standard InChI is InChI=1S/C15H17N3S/c1-9-4-5-13-12(6-9)17-15-11(16)7-10(18(2)3)8-14(15)19-13/h4-7,16-17H,8H2,1-3H3/p+1. The van der Waals surface area contributed by atoms with Gasteiger partial charge in [-0.15, -0.1) is 0 Å². The van der Waals surface area contributed by atoms with Crippen LogP contribution in [0.5, 0.6) is 0 Å². The summed E-state index contributed by atoms with van der Waals surface area (Å²) in [7, 11) is 4.12. The molecule has 0 aromatic heterocycles. The zero-order valence-corrected chi connectivity index (χ0v) is 12.3. The molecule has 0 bridgehead atoms.